The molecule has 0 fully saturated rings. The van der Waals surface area contributed by atoms with Crippen LogP contribution in [0.15, 0.2) is 12.7 Å². The Morgan fingerprint density at radius 3 is 2.29 bits per heavy atom. The third kappa shape index (κ3) is 5.96. The van der Waals surface area contributed by atoms with Gasteiger partial charge in [0.05, 0.1) is 0 Å². The maximum absolute atomic E-state index is 9.88. The molecule has 0 bridgehead atoms. The van der Waals surface area contributed by atoms with Crippen LogP contribution < -0.4 is 0 Å². The van der Waals surface area contributed by atoms with Gasteiger partial charge in [0.1, 0.15) is 0 Å². The molecule has 0 aliphatic heterocycles. The van der Waals surface area contributed by atoms with Crippen LogP contribution in [0.1, 0.15) is 0 Å². The molecule has 0 rings (SSSR count). The number of carbonyl (C=O) groups excluding carboxylic acids is 1. The SMILES string of the molecule is C=CC(=O)O[SiH3].[AlH3]. The molecule has 0 saturated heterocycles. The van der Waals surface area contributed by atoms with E-state index in [0.717, 1.165) is 6.08 Å². The first-order chi connectivity index (χ1) is 2.81. The van der Waals surface area contributed by atoms with Crippen molar-refractivity contribution in [3.63, 3.8) is 0 Å². The highest BCUT2D eigenvalue weighted by atomic mass is 28.2. The van der Waals surface area contributed by atoms with Crippen LogP contribution in [0.4, 0.5) is 0 Å². The molecule has 0 aromatic rings. The highest BCUT2D eigenvalue weighted by Crippen LogP contribution is 1.66. The molecule has 0 aliphatic carbocycles. The molecule has 0 radical (unpaired) electrons. The van der Waals surface area contributed by atoms with E-state index in [2.05, 4.69) is 11.0 Å². The Hall–Kier alpha value is -0.0406. The monoisotopic (exact) mass is 132 g/mol. The molecule has 0 spiro atoms. The normalized spacial score (nSPS) is 6.29. The van der Waals surface area contributed by atoms with Crippen LogP contribution >= 0.6 is 0 Å². The predicted octanol–water partition coefficient (Wildman–Crippen LogP) is -2.19. The quantitative estimate of drug-likeness (QED) is 0.299. The van der Waals surface area contributed by atoms with Crippen molar-refractivity contribution < 1.29 is 9.22 Å². The predicted molar refractivity (Wildman–Crippen MR) is 36.2 cm³/mol. The van der Waals surface area contributed by atoms with Gasteiger partial charge in [0.15, 0.2) is 17.4 Å². The molecule has 40 valence electrons. The summed E-state index contributed by atoms with van der Waals surface area (Å²) in [5.41, 5.74) is 0. The first-order valence-corrected chi connectivity index (χ1v) is 2.33. The summed E-state index contributed by atoms with van der Waals surface area (Å²) in [5.74, 6) is -0.332. The molecular formula is C3H9AlO2Si. The Morgan fingerprint density at radius 1 is 1.86 bits per heavy atom. The van der Waals surface area contributed by atoms with E-state index in [-0.39, 0.29) is 23.3 Å². The molecule has 0 aromatic carbocycles. The van der Waals surface area contributed by atoms with Gasteiger partial charge in [-0.05, 0) is 0 Å². The van der Waals surface area contributed by atoms with Crippen molar-refractivity contribution in [2.45, 2.75) is 0 Å². The average molecular weight is 132 g/mol. The summed E-state index contributed by atoms with van der Waals surface area (Å²) in [6.07, 6.45) is 1.15. The molecule has 0 saturated carbocycles. The minimum Gasteiger partial charge on any atom is -0.526 e. The molecule has 2 nitrogen and oxygen atoms in total. The third-order valence-electron chi connectivity index (χ3n) is 0.368. The van der Waals surface area contributed by atoms with E-state index in [1.165, 1.54) is 0 Å². The lowest BCUT2D eigenvalue weighted by molar-refractivity contribution is -0.128. The third-order valence-corrected chi connectivity index (χ3v) is 0.770. The summed E-state index contributed by atoms with van der Waals surface area (Å²) in [4.78, 5) is 9.88. The minimum absolute atomic E-state index is 0. The van der Waals surface area contributed by atoms with Crippen molar-refractivity contribution in [3.05, 3.63) is 12.7 Å². The van der Waals surface area contributed by atoms with Crippen molar-refractivity contribution in [2.75, 3.05) is 0 Å². The van der Waals surface area contributed by atoms with Crippen molar-refractivity contribution >= 4 is 33.8 Å². The van der Waals surface area contributed by atoms with Crippen molar-refractivity contribution in [3.8, 4) is 0 Å². The number of hydrogen-bond donors (Lipinski definition) is 0. The molecule has 0 amide bonds. The Labute approximate surface area is 56.2 Å². The van der Waals surface area contributed by atoms with Crippen LogP contribution in [0.25, 0.3) is 0 Å². The molecule has 0 aromatic heterocycles. The second-order valence-corrected chi connectivity index (χ2v) is 1.14. The van der Waals surface area contributed by atoms with E-state index >= 15 is 0 Å². The van der Waals surface area contributed by atoms with E-state index in [0.29, 0.717) is 10.5 Å². The lowest BCUT2D eigenvalue weighted by Gasteiger charge is -1.84. The first-order valence-electron chi connectivity index (χ1n) is 1.51. The van der Waals surface area contributed by atoms with Gasteiger partial charge in [0.25, 0.3) is 0 Å². The number of carbonyl (C=O) groups is 1. The van der Waals surface area contributed by atoms with Gasteiger partial charge in [-0.1, -0.05) is 6.58 Å². The van der Waals surface area contributed by atoms with Gasteiger partial charge in [-0.3, -0.25) is 0 Å². The van der Waals surface area contributed by atoms with Crippen molar-refractivity contribution in [1.82, 2.24) is 0 Å². The molecular weight excluding hydrogens is 123 g/mol. The molecule has 0 atom stereocenters. The van der Waals surface area contributed by atoms with E-state index in [1.807, 2.05) is 0 Å². The first kappa shape index (κ1) is 10.0. The van der Waals surface area contributed by atoms with Gasteiger partial charge in [-0.15, -0.1) is 0 Å². The molecule has 0 heterocycles. The maximum atomic E-state index is 9.88. The van der Waals surface area contributed by atoms with Crippen LogP contribution in [-0.4, -0.2) is 33.8 Å². The topological polar surface area (TPSA) is 26.3 Å². The Bertz CT molecular complexity index is 73.3. The van der Waals surface area contributed by atoms with Crippen molar-refractivity contribution in [2.24, 2.45) is 0 Å². The lowest BCUT2D eigenvalue weighted by atomic mass is 10.7. The smallest absolute Gasteiger partial charge is 0.316 e. The van der Waals surface area contributed by atoms with E-state index in [9.17, 15) is 4.79 Å². The molecule has 0 aliphatic rings. The summed E-state index contributed by atoms with van der Waals surface area (Å²) in [6.45, 7) is 3.18. The Balaban J connectivity index is 0. The van der Waals surface area contributed by atoms with Gasteiger partial charge >= 0.3 is 5.97 Å². The van der Waals surface area contributed by atoms with Crippen LogP contribution in [-0.2, 0) is 9.22 Å². The lowest BCUT2D eigenvalue weighted by Crippen LogP contribution is -1.93. The summed E-state index contributed by atoms with van der Waals surface area (Å²) >= 11 is 0. The molecule has 0 N–H and O–H groups in total. The number of hydrogen-bond acceptors (Lipinski definition) is 2. The van der Waals surface area contributed by atoms with Gasteiger partial charge < -0.3 is 4.43 Å². The minimum atomic E-state index is -0.332. The van der Waals surface area contributed by atoms with Gasteiger partial charge in [0, 0.05) is 6.08 Å². The maximum Gasteiger partial charge on any atom is 0.316 e. The average Bonchev–Trinajstić information content (AvgIpc) is 1.65. The van der Waals surface area contributed by atoms with Crippen molar-refractivity contribution in [1.29, 1.82) is 0 Å². The molecule has 7 heavy (non-hydrogen) atoms. The summed E-state index contributed by atoms with van der Waals surface area (Å²) in [5, 5.41) is 0. The van der Waals surface area contributed by atoms with Crippen LogP contribution in [0.3, 0.4) is 0 Å². The second-order valence-electron chi connectivity index (χ2n) is 0.727. The second kappa shape index (κ2) is 5.96. The van der Waals surface area contributed by atoms with Gasteiger partial charge in [0.2, 0.25) is 10.5 Å². The van der Waals surface area contributed by atoms with E-state index in [4.69, 9.17) is 0 Å². The van der Waals surface area contributed by atoms with Gasteiger partial charge in [-0.25, -0.2) is 4.79 Å². The summed E-state index contributed by atoms with van der Waals surface area (Å²) in [7, 11) is 0.462. The standard InChI is InChI=1S/C3H6O2Si.Al.3H/c1-2-3(4)5-6;;;;/h2H,1H2,6H3;;;;. The summed E-state index contributed by atoms with van der Waals surface area (Å²) < 4.78 is 4.28. The fourth-order valence-electron chi connectivity index (χ4n) is 0.0833. The Morgan fingerprint density at radius 2 is 2.29 bits per heavy atom. The highest BCUT2D eigenvalue weighted by Gasteiger charge is 1.81. The molecule has 4 heteroatoms. The highest BCUT2D eigenvalue weighted by molar-refractivity contribution is 6.07. The van der Waals surface area contributed by atoms with E-state index in [1.54, 1.807) is 0 Å². The van der Waals surface area contributed by atoms with E-state index < -0.39 is 0 Å². The largest absolute Gasteiger partial charge is 0.526 e. The zero-order valence-corrected chi connectivity index (χ0v) is 5.60. The van der Waals surface area contributed by atoms with Crippen LogP contribution in [0, 0.1) is 0 Å². The zero-order chi connectivity index (χ0) is 4.99. The number of rotatable bonds is 1. The molecule has 0 unspecified atom stereocenters. The fraction of sp³-hybridized carbons (Fsp3) is 0. The van der Waals surface area contributed by atoms with Crippen LogP contribution in [0.2, 0.25) is 0 Å². The van der Waals surface area contributed by atoms with Crippen LogP contribution in [0.5, 0.6) is 0 Å². The Kier molecular flexibility index (Phi) is 8.55. The fourth-order valence-corrected chi connectivity index (χ4v) is 0.250. The summed E-state index contributed by atoms with van der Waals surface area (Å²) in [6, 6.07) is 0. The zero-order valence-electron chi connectivity index (χ0n) is 3.60. The van der Waals surface area contributed by atoms with Gasteiger partial charge in [-0.2, -0.15) is 0 Å².